The summed E-state index contributed by atoms with van der Waals surface area (Å²) in [7, 11) is 1.25. The van der Waals surface area contributed by atoms with Crippen LogP contribution in [-0.4, -0.2) is 11.3 Å². The van der Waals surface area contributed by atoms with Gasteiger partial charge in [0.15, 0.2) is 0 Å². The van der Waals surface area contributed by atoms with Gasteiger partial charge in [-0.05, 0) is 41.7 Å². The zero-order valence-electron chi connectivity index (χ0n) is 22.7. The first-order valence-corrected chi connectivity index (χ1v) is 17.0. The van der Waals surface area contributed by atoms with Crippen LogP contribution in [0.2, 0.25) is 0 Å². The number of benzene rings is 2. The van der Waals surface area contributed by atoms with Crippen molar-refractivity contribution in [3.63, 3.8) is 0 Å². The van der Waals surface area contributed by atoms with Crippen molar-refractivity contribution in [2.75, 3.05) is 0 Å². The maximum absolute atomic E-state index is 5.35. The Labute approximate surface area is 229 Å². The molecule has 0 saturated heterocycles. The van der Waals surface area contributed by atoms with E-state index < -0.39 is 5.54 Å². The molecule has 0 aliphatic carbocycles. The monoisotopic (exact) mass is 635 g/mol. The van der Waals surface area contributed by atoms with Gasteiger partial charge in [-0.15, -0.1) is 5.69 Å². The molecule has 0 amide bonds. The van der Waals surface area contributed by atoms with Crippen molar-refractivity contribution in [3.8, 4) is 0 Å². The van der Waals surface area contributed by atoms with Crippen molar-refractivity contribution in [2.24, 2.45) is 4.99 Å². The molecule has 5 heteroatoms. The Balaban J connectivity index is 0.00000182. The summed E-state index contributed by atoms with van der Waals surface area (Å²) in [5.74, 6) is 1.72. The molecule has 193 valence electrons. The fraction of sp³-hybridized carbons (Fsp3) is 0.552. The second kappa shape index (κ2) is 14.2. The number of hydrogen-bond acceptors (Lipinski definition) is 1. The Morgan fingerprint density at radius 2 is 1.06 bits per heavy atom. The van der Waals surface area contributed by atoms with Gasteiger partial charge >= 0.3 is 39.3 Å². The third kappa shape index (κ3) is 8.49. The molecule has 0 saturated carbocycles. The van der Waals surface area contributed by atoms with Gasteiger partial charge in [0.25, 0.3) is 0 Å². The van der Waals surface area contributed by atoms with Crippen LogP contribution in [0.15, 0.2) is 41.4 Å². The molecule has 0 unspecified atom stereocenters. The van der Waals surface area contributed by atoms with Gasteiger partial charge in [0.1, 0.15) is 0 Å². The second-order valence-electron chi connectivity index (χ2n) is 10.6. The quantitative estimate of drug-likeness (QED) is 0.203. The molecule has 0 radical (unpaired) electrons. The van der Waals surface area contributed by atoms with Gasteiger partial charge in [-0.25, -0.2) is 0 Å². The van der Waals surface area contributed by atoms with E-state index in [1.807, 2.05) is 0 Å². The van der Waals surface area contributed by atoms with Gasteiger partial charge in [0.2, 0.25) is 0 Å². The average molecular weight is 638 g/mol. The standard InChI is InChI=1S/C29H43N2.2BrH.Ni/c1-18(2)23-14-12-15-24(19(3)4)27(23)30-22(9)29(10,11)31-28-25(20(5)6)16-13-17-26(28)21(7)8;;;/h12-21H,1-11H3;2*1H;/q-1;;;+3/p-2. The van der Waals surface area contributed by atoms with E-state index in [9.17, 15) is 0 Å². The van der Waals surface area contributed by atoms with Gasteiger partial charge < -0.3 is 5.32 Å². The first-order valence-electron chi connectivity index (χ1n) is 12.1. The van der Waals surface area contributed by atoms with E-state index in [4.69, 9.17) is 10.3 Å². The van der Waals surface area contributed by atoms with E-state index in [1.165, 1.54) is 33.2 Å². The first-order chi connectivity index (χ1) is 15.8. The molecule has 2 aromatic rings. The van der Waals surface area contributed by atoms with Gasteiger partial charge in [-0.1, -0.05) is 122 Å². The summed E-state index contributed by atoms with van der Waals surface area (Å²) in [6.07, 6.45) is 0. The van der Waals surface area contributed by atoms with E-state index in [0.717, 1.165) is 17.1 Å². The van der Waals surface area contributed by atoms with E-state index in [1.54, 1.807) is 0 Å². The molecule has 0 aliphatic rings. The maximum atomic E-state index is 5.35. The van der Waals surface area contributed by atoms with Gasteiger partial charge in [0, 0.05) is 5.71 Å². The predicted molar refractivity (Wildman–Crippen MR) is 157 cm³/mol. The molecule has 0 heterocycles. The molecule has 0 fully saturated rings. The molecule has 0 spiro atoms. The Bertz CT molecular complexity index is 895. The SMILES string of the molecule is CC(=Nc1c(C(C)C)cccc1C(C)C)C(C)(C)[N-]c1c(C(C)C)cccc1C(C)C.[Br][Ni+][Br]. The van der Waals surface area contributed by atoms with Crippen molar-refractivity contribution < 1.29 is 10.9 Å². The fourth-order valence-corrected chi connectivity index (χ4v) is 3.95. The van der Waals surface area contributed by atoms with Gasteiger partial charge in [-0.2, -0.15) is 0 Å². The summed E-state index contributed by atoms with van der Waals surface area (Å²) in [6.45, 7) is 24.5. The summed E-state index contributed by atoms with van der Waals surface area (Å²) < 4.78 is 0. The minimum atomic E-state index is -0.396. The number of para-hydroxylation sites is 2. The Kier molecular flexibility index (Phi) is 13.1. The summed E-state index contributed by atoms with van der Waals surface area (Å²) in [5, 5.41) is 5.35. The molecule has 0 aromatic heterocycles. The fourth-order valence-electron chi connectivity index (χ4n) is 3.95. The van der Waals surface area contributed by atoms with Crippen LogP contribution in [0.1, 0.15) is 122 Å². The van der Waals surface area contributed by atoms with Crippen molar-refractivity contribution in [1.82, 2.24) is 0 Å². The first kappa shape index (κ1) is 31.4. The number of aliphatic imine (C=N–C) groups is 1. The number of hydrogen-bond donors (Lipinski definition) is 0. The van der Waals surface area contributed by atoms with E-state index in [0.29, 0.717) is 23.7 Å². The van der Waals surface area contributed by atoms with Crippen LogP contribution in [0.25, 0.3) is 5.32 Å². The Morgan fingerprint density at radius 1 is 0.735 bits per heavy atom. The van der Waals surface area contributed by atoms with Crippen LogP contribution >= 0.6 is 28.5 Å². The van der Waals surface area contributed by atoms with Crippen LogP contribution in [0.5, 0.6) is 0 Å². The third-order valence-corrected chi connectivity index (χ3v) is 6.24. The van der Waals surface area contributed by atoms with Crippen molar-refractivity contribution >= 4 is 45.5 Å². The van der Waals surface area contributed by atoms with E-state index in [-0.39, 0.29) is 0 Å². The average Bonchev–Trinajstić information content (AvgIpc) is 2.73. The van der Waals surface area contributed by atoms with Crippen molar-refractivity contribution in [3.05, 3.63) is 64.0 Å². The molecular weight excluding hydrogens is 595 g/mol. The summed E-state index contributed by atoms with van der Waals surface area (Å²) in [6, 6.07) is 13.2. The summed E-state index contributed by atoms with van der Waals surface area (Å²) in [5.41, 5.74) is 8.19. The molecule has 34 heavy (non-hydrogen) atoms. The van der Waals surface area contributed by atoms with Gasteiger partial charge in [0.05, 0.1) is 5.69 Å². The Morgan fingerprint density at radius 3 is 1.38 bits per heavy atom. The van der Waals surface area contributed by atoms with Gasteiger partial charge in [-0.3, -0.25) is 4.99 Å². The normalized spacial score (nSPS) is 12.6. The van der Waals surface area contributed by atoms with Crippen LogP contribution in [-0.2, 0) is 10.9 Å². The second-order valence-corrected chi connectivity index (χ2v) is 15.6. The van der Waals surface area contributed by atoms with E-state index in [2.05, 4.69) is 141 Å². The van der Waals surface area contributed by atoms with Crippen LogP contribution in [0.3, 0.4) is 0 Å². The zero-order chi connectivity index (χ0) is 26.2. The molecule has 0 aliphatic heterocycles. The number of nitrogens with zero attached hydrogens (tertiary/aromatic N) is 2. The molecule has 0 atom stereocenters. The number of rotatable bonds is 8. The van der Waals surface area contributed by atoms with Crippen LogP contribution in [0, 0.1) is 0 Å². The van der Waals surface area contributed by atoms with Crippen LogP contribution in [0.4, 0.5) is 11.4 Å². The molecule has 0 bridgehead atoms. The molecule has 2 nitrogen and oxygen atoms in total. The van der Waals surface area contributed by atoms with E-state index >= 15 is 0 Å². The summed E-state index contributed by atoms with van der Waals surface area (Å²) >= 11 is 6.00. The molecular formula is C29H43Br2N2Ni. The molecule has 0 N–H and O–H groups in total. The Hall–Kier alpha value is -0.636. The molecule has 2 aromatic carbocycles. The minimum absolute atomic E-state index is 0.396. The topological polar surface area (TPSA) is 26.5 Å². The predicted octanol–water partition coefficient (Wildman–Crippen LogP) is 11.4. The third-order valence-electron chi connectivity index (χ3n) is 6.24. The zero-order valence-corrected chi connectivity index (χ0v) is 26.9. The van der Waals surface area contributed by atoms with Crippen molar-refractivity contribution in [1.29, 1.82) is 0 Å². The van der Waals surface area contributed by atoms with Crippen LogP contribution < -0.4 is 0 Å². The summed E-state index contributed by atoms with van der Waals surface area (Å²) in [4.78, 5) is 5.24. The number of halogens is 2. The van der Waals surface area contributed by atoms with Crippen molar-refractivity contribution in [2.45, 2.75) is 105 Å². The molecule has 2 rings (SSSR count).